The van der Waals surface area contributed by atoms with Gasteiger partial charge < -0.3 is 10.6 Å². The van der Waals surface area contributed by atoms with E-state index >= 15 is 0 Å². The second-order valence-corrected chi connectivity index (χ2v) is 1.89. The molecule has 2 N–H and O–H groups in total. The van der Waals surface area contributed by atoms with Crippen molar-refractivity contribution in [2.75, 3.05) is 13.1 Å². The first kappa shape index (κ1) is 6.78. The maximum atomic E-state index is 10.0. The lowest BCUT2D eigenvalue weighted by Crippen LogP contribution is -2.37. The molecule has 0 amide bonds. The Balaban J connectivity index is 2.74. The maximum absolute atomic E-state index is 10.0. The van der Waals surface area contributed by atoms with E-state index in [1.165, 1.54) is 0 Å². The molecular formula is C6H6N2O2. The highest BCUT2D eigenvalue weighted by atomic mass is 16.1. The molecule has 0 atom stereocenters. The van der Waals surface area contributed by atoms with Gasteiger partial charge in [0, 0.05) is 13.1 Å². The zero-order chi connectivity index (χ0) is 7.40. The predicted molar refractivity (Wildman–Crippen MR) is 34.4 cm³/mol. The molecular weight excluding hydrogens is 132 g/mol. The van der Waals surface area contributed by atoms with Crippen LogP contribution in [0.1, 0.15) is 0 Å². The number of rotatable bonds is 0. The standard InChI is InChI=1S/C6H6N2O2/c9-3-5-1-7-2-6(4-10)8-5/h7-8H,1-2H2. The molecule has 1 aliphatic heterocycles. The Morgan fingerprint density at radius 3 is 2.00 bits per heavy atom. The molecule has 1 saturated heterocycles. The average Bonchev–Trinajstić information content (AvgIpc) is 2.05. The Hall–Kier alpha value is -1.34. The van der Waals surface area contributed by atoms with E-state index in [4.69, 9.17) is 0 Å². The van der Waals surface area contributed by atoms with Gasteiger partial charge in [0.05, 0.1) is 0 Å². The van der Waals surface area contributed by atoms with Crippen molar-refractivity contribution in [1.82, 2.24) is 10.6 Å². The van der Waals surface area contributed by atoms with Crippen molar-refractivity contribution >= 4 is 11.9 Å². The normalized spacial score (nSPS) is 17.2. The Morgan fingerprint density at radius 2 is 1.60 bits per heavy atom. The number of nitrogens with one attached hydrogen (secondary N) is 2. The fraction of sp³-hybridized carbons (Fsp3) is 0.333. The molecule has 0 bridgehead atoms. The molecule has 0 saturated carbocycles. The third-order valence-electron chi connectivity index (χ3n) is 1.15. The topological polar surface area (TPSA) is 58.2 Å². The third-order valence-corrected chi connectivity index (χ3v) is 1.15. The van der Waals surface area contributed by atoms with Gasteiger partial charge in [0.15, 0.2) is 0 Å². The van der Waals surface area contributed by atoms with Gasteiger partial charge in [-0.15, -0.1) is 0 Å². The lowest BCUT2D eigenvalue weighted by molar-refractivity contribution is 0.553. The molecule has 0 unspecified atom stereocenters. The summed E-state index contributed by atoms with van der Waals surface area (Å²) in [6.07, 6.45) is 0. The molecule has 1 fully saturated rings. The molecule has 0 aliphatic carbocycles. The first-order valence-corrected chi connectivity index (χ1v) is 2.82. The largest absolute Gasteiger partial charge is 0.342 e. The zero-order valence-corrected chi connectivity index (χ0v) is 5.23. The smallest absolute Gasteiger partial charge is 0.147 e. The molecule has 1 heterocycles. The molecule has 0 aromatic heterocycles. The monoisotopic (exact) mass is 138 g/mol. The molecule has 1 rings (SSSR count). The molecule has 52 valence electrons. The van der Waals surface area contributed by atoms with Gasteiger partial charge in [-0.25, -0.2) is 9.59 Å². The van der Waals surface area contributed by atoms with Gasteiger partial charge in [0.25, 0.3) is 0 Å². The summed E-state index contributed by atoms with van der Waals surface area (Å²) in [4.78, 5) is 20.0. The summed E-state index contributed by atoms with van der Waals surface area (Å²) in [6.45, 7) is 0.878. The second kappa shape index (κ2) is 2.99. The quantitative estimate of drug-likeness (QED) is 0.405. The number of hydrogen-bond acceptors (Lipinski definition) is 4. The Labute approximate surface area is 57.6 Å². The maximum Gasteiger partial charge on any atom is 0.147 e. The fourth-order valence-electron chi connectivity index (χ4n) is 0.706. The molecule has 0 spiro atoms. The Kier molecular flexibility index (Phi) is 2.03. The van der Waals surface area contributed by atoms with Gasteiger partial charge in [0.1, 0.15) is 23.3 Å². The van der Waals surface area contributed by atoms with Crippen LogP contribution in [0.2, 0.25) is 0 Å². The van der Waals surface area contributed by atoms with Crippen LogP contribution < -0.4 is 10.6 Å². The first-order valence-electron chi connectivity index (χ1n) is 2.82. The van der Waals surface area contributed by atoms with Crippen molar-refractivity contribution in [2.45, 2.75) is 0 Å². The van der Waals surface area contributed by atoms with Crippen molar-refractivity contribution in [3.8, 4) is 0 Å². The second-order valence-electron chi connectivity index (χ2n) is 1.89. The van der Waals surface area contributed by atoms with Crippen molar-refractivity contribution in [2.24, 2.45) is 0 Å². The summed E-state index contributed by atoms with van der Waals surface area (Å²) in [6, 6.07) is 0. The van der Waals surface area contributed by atoms with Crippen molar-refractivity contribution < 1.29 is 9.59 Å². The summed E-state index contributed by atoms with van der Waals surface area (Å²) in [7, 11) is 0. The Bertz CT molecular complexity index is 210. The van der Waals surface area contributed by atoms with Gasteiger partial charge in [-0.3, -0.25) is 0 Å². The minimum absolute atomic E-state index is 0.351. The van der Waals surface area contributed by atoms with Crippen LogP contribution in [0.3, 0.4) is 0 Å². The van der Waals surface area contributed by atoms with Crippen LogP contribution in [-0.4, -0.2) is 25.0 Å². The fourth-order valence-corrected chi connectivity index (χ4v) is 0.706. The van der Waals surface area contributed by atoms with E-state index in [1.54, 1.807) is 11.9 Å². The lowest BCUT2D eigenvalue weighted by atomic mass is 10.3. The molecule has 0 aromatic carbocycles. The highest BCUT2D eigenvalue weighted by molar-refractivity contribution is 5.59. The summed E-state index contributed by atoms with van der Waals surface area (Å²) < 4.78 is 0. The highest BCUT2D eigenvalue weighted by Crippen LogP contribution is 1.92. The predicted octanol–water partition coefficient (Wildman–Crippen LogP) is -1.39. The summed E-state index contributed by atoms with van der Waals surface area (Å²) in [5.41, 5.74) is 0.703. The van der Waals surface area contributed by atoms with Crippen LogP contribution in [-0.2, 0) is 9.59 Å². The van der Waals surface area contributed by atoms with Crippen LogP contribution in [0.5, 0.6) is 0 Å². The van der Waals surface area contributed by atoms with Gasteiger partial charge in [0.2, 0.25) is 0 Å². The van der Waals surface area contributed by atoms with Crippen molar-refractivity contribution in [3.05, 3.63) is 11.4 Å². The van der Waals surface area contributed by atoms with E-state index in [0.29, 0.717) is 24.5 Å². The Morgan fingerprint density at radius 1 is 1.10 bits per heavy atom. The summed E-state index contributed by atoms with van der Waals surface area (Å²) in [5.74, 6) is 3.32. The van der Waals surface area contributed by atoms with Gasteiger partial charge in [-0.05, 0) is 0 Å². The number of carbonyl (C=O) groups excluding carboxylic acids is 2. The van der Waals surface area contributed by atoms with Gasteiger partial charge >= 0.3 is 0 Å². The van der Waals surface area contributed by atoms with E-state index in [2.05, 4.69) is 10.6 Å². The third kappa shape index (κ3) is 1.33. The van der Waals surface area contributed by atoms with E-state index in [-0.39, 0.29) is 0 Å². The number of piperazine rings is 1. The highest BCUT2D eigenvalue weighted by Gasteiger charge is 2.08. The van der Waals surface area contributed by atoms with Crippen LogP contribution in [0.4, 0.5) is 0 Å². The zero-order valence-electron chi connectivity index (χ0n) is 5.23. The van der Waals surface area contributed by atoms with E-state index < -0.39 is 0 Å². The van der Waals surface area contributed by atoms with E-state index in [9.17, 15) is 9.59 Å². The molecule has 10 heavy (non-hydrogen) atoms. The molecule has 1 aliphatic rings. The van der Waals surface area contributed by atoms with E-state index in [1.807, 2.05) is 0 Å². The average molecular weight is 138 g/mol. The molecule has 0 aromatic rings. The van der Waals surface area contributed by atoms with Crippen molar-refractivity contribution in [3.63, 3.8) is 0 Å². The van der Waals surface area contributed by atoms with Crippen molar-refractivity contribution in [1.29, 1.82) is 0 Å². The summed E-state index contributed by atoms with van der Waals surface area (Å²) in [5, 5.41) is 5.40. The van der Waals surface area contributed by atoms with E-state index in [0.717, 1.165) is 0 Å². The first-order chi connectivity index (χ1) is 4.86. The molecule has 4 heteroatoms. The van der Waals surface area contributed by atoms with Crippen LogP contribution in [0.25, 0.3) is 0 Å². The SMILES string of the molecule is O=C=C1CNCC(=C=O)N1. The minimum Gasteiger partial charge on any atom is -0.342 e. The van der Waals surface area contributed by atoms with Gasteiger partial charge in [-0.1, -0.05) is 0 Å². The van der Waals surface area contributed by atoms with Crippen LogP contribution in [0.15, 0.2) is 11.4 Å². The lowest BCUT2D eigenvalue weighted by Gasteiger charge is -2.14. The summed E-state index contributed by atoms with van der Waals surface area (Å²) >= 11 is 0. The molecule has 0 radical (unpaired) electrons. The molecule has 4 nitrogen and oxygen atoms in total. The van der Waals surface area contributed by atoms with Gasteiger partial charge in [-0.2, -0.15) is 0 Å². The van der Waals surface area contributed by atoms with Crippen LogP contribution >= 0.6 is 0 Å². The van der Waals surface area contributed by atoms with Crippen LogP contribution in [0, 0.1) is 0 Å². The minimum atomic E-state index is 0.351. The number of hydrogen-bond donors (Lipinski definition) is 2.